The first-order valence-corrected chi connectivity index (χ1v) is 5.00. The molecule has 2 nitrogen and oxygen atoms in total. The van der Waals surface area contributed by atoms with E-state index in [4.69, 9.17) is 0 Å². The summed E-state index contributed by atoms with van der Waals surface area (Å²) in [5.74, 6) is -2.04. The summed E-state index contributed by atoms with van der Waals surface area (Å²) in [5.41, 5.74) is 0.944. The maximum Gasteiger partial charge on any atom is 0.243 e. The number of rotatable bonds is 1. The zero-order valence-electron chi connectivity index (χ0n) is 8.88. The van der Waals surface area contributed by atoms with E-state index in [2.05, 4.69) is 5.32 Å². The molecule has 3 heteroatoms. The number of aldehydes is 1. The molecule has 0 fully saturated rings. The van der Waals surface area contributed by atoms with Crippen LogP contribution >= 0.6 is 0 Å². The second-order valence-corrected chi connectivity index (χ2v) is 4.67. The van der Waals surface area contributed by atoms with Gasteiger partial charge in [-0.1, -0.05) is 24.3 Å². The Hall–Kier alpha value is -1.22. The molecule has 0 aliphatic carbocycles. The summed E-state index contributed by atoms with van der Waals surface area (Å²) < 4.78 is 14.3. The van der Waals surface area contributed by atoms with Gasteiger partial charge in [0.2, 0.25) is 5.79 Å². The first-order chi connectivity index (χ1) is 6.97. The maximum atomic E-state index is 14.3. The van der Waals surface area contributed by atoms with E-state index in [0.29, 0.717) is 11.8 Å². The molecule has 0 bridgehead atoms. The number of halogens is 1. The van der Waals surface area contributed by atoms with Crippen LogP contribution in [0.2, 0.25) is 0 Å². The molecule has 0 amide bonds. The number of hydrogen-bond donors (Lipinski definition) is 1. The number of alkyl halides is 1. The van der Waals surface area contributed by atoms with Gasteiger partial charge in [0, 0.05) is 11.1 Å². The van der Waals surface area contributed by atoms with Crippen molar-refractivity contribution in [3.05, 3.63) is 35.4 Å². The molecule has 80 valence electrons. The van der Waals surface area contributed by atoms with Gasteiger partial charge in [-0.25, -0.2) is 4.39 Å². The number of carbonyl (C=O) groups is 1. The normalized spacial score (nSPS) is 28.2. The van der Waals surface area contributed by atoms with E-state index in [0.717, 1.165) is 12.0 Å². The van der Waals surface area contributed by atoms with Gasteiger partial charge in [0.05, 0.1) is 0 Å². The molecule has 1 N–H and O–H groups in total. The van der Waals surface area contributed by atoms with Gasteiger partial charge in [-0.05, 0) is 25.8 Å². The Labute approximate surface area is 88.5 Å². The molecule has 2 rings (SSSR count). The van der Waals surface area contributed by atoms with E-state index >= 15 is 0 Å². The Bertz CT molecular complexity index is 402. The van der Waals surface area contributed by atoms with Crippen molar-refractivity contribution in [1.82, 2.24) is 5.32 Å². The fourth-order valence-electron chi connectivity index (χ4n) is 2.20. The van der Waals surface area contributed by atoms with Gasteiger partial charge in [0.15, 0.2) is 6.29 Å². The summed E-state index contributed by atoms with van der Waals surface area (Å²) in [6.45, 7) is 3.78. The smallest absolute Gasteiger partial charge is 0.243 e. The SMILES string of the molecule is CC1(C)Cc2ccccc2C(F)(C=O)N1. The summed E-state index contributed by atoms with van der Waals surface area (Å²) in [5, 5.41) is 2.74. The maximum absolute atomic E-state index is 14.3. The Morgan fingerprint density at radius 2 is 2.07 bits per heavy atom. The Morgan fingerprint density at radius 3 is 2.73 bits per heavy atom. The van der Waals surface area contributed by atoms with Crippen LogP contribution in [0.1, 0.15) is 25.0 Å². The molecule has 1 aromatic carbocycles. The molecule has 1 aromatic rings. The first kappa shape index (κ1) is 10.3. The van der Waals surface area contributed by atoms with Gasteiger partial charge in [0.1, 0.15) is 0 Å². The van der Waals surface area contributed by atoms with E-state index in [1.54, 1.807) is 12.1 Å². The van der Waals surface area contributed by atoms with Crippen LogP contribution in [0.4, 0.5) is 4.39 Å². The fraction of sp³-hybridized carbons (Fsp3) is 0.417. The molecule has 1 heterocycles. The van der Waals surface area contributed by atoms with Crippen molar-refractivity contribution in [2.24, 2.45) is 0 Å². The predicted molar refractivity (Wildman–Crippen MR) is 56.2 cm³/mol. The lowest BCUT2D eigenvalue weighted by Crippen LogP contribution is -2.56. The number of fused-ring (bicyclic) bond motifs is 1. The van der Waals surface area contributed by atoms with Gasteiger partial charge >= 0.3 is 0 Å². The minimum Gasteiger partial charge on any atom is -0.298 e. The minimum absolute atomic E-state index is 0.340. The zero-order chi connectivity index (χ0) is 11.1. The average Bonchev–Trinajstić information content (AvgIpc) is 2.16. The molecule has 1 aliphatic heterocycles. The molecule has 1 unspecified atom stereocenters. The van der Waals surface area contributed by atoms with Crippen molar-refractivity contribution in [3.8, 4) is 0 Å². The quantitative estimate of drug-likeness (QED) is 0.563. The van der Waals surface area contributed by atoms with Crippen LogP contribution < -0.4 is 5.32 Å². The number of benzene rings is 1. The summed E-state index contributed by atoms with van der Waals surface area (Å²) in [6, 6.07) is 7.14. The van der Waals surface area contributed by atoms with Crippen LogP contribution in [0, 0.1) is 0 Å². The highest BCUT2D eigenvalue weighted by Gasteiger charge is 2.43. The topological polar surface area (TPSA) is 29.1 Å². The van der Waals surface area contributed by atoms with Gasteiger partial charge < -0.3 is 0 Å². The summed E-state index contributed by atoms with van der Waals surface area (Å²) in [7, 11) is 0. The summed E-state index contributed by atoms with van der Waals surface area (Å²) in [4.78, 5) is 10.9. The summed E-state index contributed by atoms with van der Waals surface area (Å²) in [6.07, 6.45) is 1.06. The highest BCUT2D eigenvalue weighted by Crippen LogP contribution is 2.34. The lowest BCUT2D eigenvalue weighted by atomic mass is 9.83. The van der Waals surface area contributed by atoms with E-state index in [1.165, 1.54) is 0 Å². The van der Waals surface area contributed by atoms with Crippen molar-refractivity contribution in [2.75, 3.05) is 0 Å². The standard InChI is InChI=1S/C12H14FNO/c1-11(2)7-9-5-3-4-6-10(9)12(13,8-15)14-11/h3-6,8,14H,7H2,1-2H3. The van der Waals surface area contributed by atoms with Crippen LogP contribution in [0.25, 0.3) is 0 Å². The monoisotopic (exact) mass is 207 g/mol. The molecule has 0 radical (unpaired) electrons. The largest absolute Gasteiger partial charge is 0.298 e. The van der Waals surface area contributed by atoms with Gasteiger partial charge in [-0.15, -0.1) is 0 Å². The fourth-order valence-corrected chi connectivity index (χ4v) is 2.20. The number of hydrogen-bond acceptors (Lipinski definition) is 2. The molecule has 0 saturated heterocycles. The van der Waals surface area contributed by atoms with Crippen molar-refractivity contribution < 1.29 is 9.18 Å². The van der Waals surface area contributed by atoms with Crippen LogP contribution in [0.3, 0.4) is 0 Å². The third-order valence-electron chi connectivity index (χ3n) is 2.72. The van der Waals surface area contributed by atoms with Gasteiger partial charge in [-0.2, -0.15) is 0 Å². The third kappa shape index (κ3) is 1.67. The zero-order valence-corrected chi connectivity index (χ0v) is 8.88. The Balaban J connectivity index is 2.57. The Morgan fingerprint density at radius 1 is 1.40 bits per heavy atom. The molecule has 1 atom stereocenters. The van der Waals surface area contributed by atoms with Crippen molar-refractivity contribution >= 4 is 6.29 Å². The van der Waals surface area contributed by atoms with Crippen LogP contribution in [-0.2, 0) is 17.0 Å². The lowest BCUT2D eigenvalue weighted by Gasteiger charge is -2.39. The van der Waals surface area contributed by atoms with E-state index < -0.39 is 11.3 Å². The van der Waals surface area contributed by atoms with Crippen molar-refractivity contribution in [1.29, 1.82) is 0 Å². The number of carbonyl (C=O) groups excluding carboxylic acids is 1. The predicted octanol–water partition coefficient (Wildman–Crippen LogP) is 1.93. The van der Waals surface area contributed by atoms with Gasteiger partial charge in [0.25, 0.3) is 0 Å². The third-order valence-corrected chi connectivity index (χ3v) is 2.72. The first-order valence-electron chi connectivity index (χ1n) is 5.00. The average molecular weight is 207 g/mol. The Kier molecular flexibility index (Phi) is 2.15. The highest BCUT2D eigenvalue weighted by molar-refractivity contribution is 5.67. The minimum atomic E-state index is -2.04. The molecule has 1 aliphatic rings. The van der Waals surface area contributed by atoms with Crippen LogP contribution in [0.15, 0.2) is 24.3 Å². The van der Waals surface area contributed by atoms with E-state index in [1.807, 2.05) is 26.0 Å². The van der Waals surface area contributed by atoms with Gasteiger partial charge in [-0.3, -0.25) is 10.1 Å². The molecule has 15 heavy (non-hydrogen) atoms. The molecule has 0 saturated carbocycles. The van der Waals surface area contributed by atoms with E-state index in [-0.39, 0.29) is 0 Å². The number of nitrogens with one attached hydrogen (secondary N) is 1. The summed E-state index contributed by atoms with van der Waals surface area (Å²) >= 11 is 0. The lowest BCUT2D eigenvalue weighted by molar-refractivity contribution is -0.122. The molecule has 0 aromatic heterocycles. The van der Waals surface area contributed by atoms with E-state index in [9.17, 15) is 9.18 Å². The molecular formula is C12H14FNO. The van der Waals surface area contributed by atoms with Crippen LogP contribution in [0.5, 0.6) is 0 Å². The molecular weight excluding hydrogens is 193 g/mol. The van der Waals surface area contributed by atoms with Crippen LogP contribution in [-0.4, -0.2) is 11.8 Å². The molecule has 0 spiro atoms. The van der Waals surface area contributed by atoms with Crippen molar-refractivity contribution in [2.45, 2.75) is 31.6 Å². The second kappa shape index (κ2) is 3.14. The highest BCUT2D eigenvalue weighted by atomic mass is 19.1. The van der Waals surface area contributed by atoms with Crippen molar-refractivity contribution in [3.63, 3.8) is 0 Å². The second-order valence-electron chi connectivity index (χ2n) is 4.67.